The van der Waals surface area contributed by atoms with Crippen LogP contribution in [0.1, 0.15) is 11.1 Å². The minimum absolute atomic E-state index is 0.126. The van der Waals surface area contributed by atoms with Gasteiger partial charge in [-0.25, -0.2) is 0 Å². The molecular formula is C20H21NO5. The summed E-state index contributed by atoms with van der Waals surface area (Å²) in [6.07, 6.45) is 0.447. The van der Waals surface area contributed by atoms with Crippen molar-refractivity contribution in [3.05, 3.63) is 59.7 Å². The Morgan fingerprint density at radius 1 is 1.04 bits per heavy atom. The second-order valence-electron chi connectivity index (χ2n) is 6.09. The summed E-state index contributed by atoms with van der Waals surface area (Å²) in [7, 11) is 0. The van der Waals surface area contributed by atoms with Crippen LogP contribution in [0.2, 0.25) is 0 Å². The van der Waals surface area contributed by atoms with E-state index in [1.54, 1.807) is 18.2 Å². The minimum atomic E-state index is -0.811. The summed E-state index contributed by atoms with van der Waals surface area (Å²) in [6, 6.07) is 14.8. The molecule has 0 bridgehead atoms. The highest BCUT2D eigenvalue weighted by Gasteiger charge is 2.27. The highest BCUT2D eigenvalue weighted by atomic mass is 16.7. The first-order chi connectivity index (χ1) is 12.7. The number of aliphatic hydroxyl groups excluding tert-OH is 1. The number of benzene rings is 2. The van der Waals surface area contributed by atoms with Gasteiger partial charge in [0, 0.05) is 13.0 Å². The molecule has 2 aromatic rings. The number of rotatable bonds is 8. The largest absolute Gasteiger partial charge is 0.454 e. The van der Waals surface area contributed by atoms with Crippen molar-refractivity contribution in [2.75, 3.05) is 19.9 Å². The van der Waals surface area contributed by atoms with Gasteiger partial charge in [-0.05, 0) is 29.7 Å². The van der Waals surface area contributed by atoms with Crippen molar-refractivity contribution in [2.24, 2.45) is 5.92 Å². The molecule has 0 saturated heterocycles. The average molecular weight is 355 g/mol. The molecule has 26 heavy (non-hydrogen) atoms. The number of amides is 1. The van der Waals surface area contributed by atoms with E-state index in [4.69, 9.17) is 14.6 Å². The lowest BCUT2D eigenvalue weighted by atomic mass is 9.90. The summed E-state index contributed by atoms with van der Waals surface area (Å²) in [5.74, 6) is -0.0893. The third-order valence-electron chi connectivity index (χ3n) is 4.21. The molecule has 0 radical (unpaired) electrons. The first-order valence-corrected chi connectivity index (χ1v) is 8.51. The summed E-state index contributed by atoms with van der Waals surface area (Å²) in [5.41, 5.74) is 1.68. The van der Waals surface area contributed by atoms with Gasteiger partial charge in [-0.1, -0.05) is 36.4 Å². The van der Waals surface area contributed by atoms with Crippen LogP contribution in [0.4, 0.5) is 0 Å². The van der Waals surface area contributed by atoms with Crippen LogP contribution in [0.3, 0.4) is 0 Å². The molecule has 0 aromatic heterocycles. The first kappa shape index (κ1) is 17.9. The smallest absolute Gasteiger partial charge is 0.231 e. The van der Waals surface area contributed by atoms with Crippen LogP contribution in [0, 0.1) is 5.92 Å². The molecule has 1 heterocycles. The standard InChI is InChI=1S/C20H21NO5/c22-9-8-21-20(24)16(10-14-4-2-1-3-5-14)17(23)11-15-6-7-18-19(12-15)26-13-25-18/h1-7,12,16,22H,8-11,13H2,(H,21,24). The third-order valence-corrected chi connectivity index (χ3v) is 4.21. The molecular weight excluding hydrogens is 334 g/mol. The Bertz CT molecular complexity index is 775. The van der Waals surface area contributed by atoms with Crippen molar-refractivity contribution in [1.29, 1.82) is 0 Å². The number of Topliss-reactive ketones (excluding diaryl/α,β-unsaturated/α-hetero) is 1. The van der Waals surface area contributed by atoms with Crippen molar-refractivity contribution in [1.82, 2.24) is 5.32 Å². The van der Waals surface area contributed by atoms with Crippen LogP contribution in [-0.4, -0.2) is 36.7 Å². The minimum Gasteiger partial charge on any atom is -0.454 e. The predicted octanol–water partition coefficient (Wildman–Crippen LogP) is 1.49. The van der Waals surface area contributed by atoms with E-state index in [0.717, 1.165) is 11.1 Å². The van der Waals surface area contributed by atoms with Crippen LogP contribution in [0.5, 0.6) is 11.5 Å². The third kappa shape index (κ3) is 4.40. The van der Waals surface area contributed by atoms with Crippen molar-refractivity contribution in [3.8, 4) is 11.5 Å². The molecule has 136 valence electrons. The number of hydrogen-bond acceptors (Lipinski definition) is 5. The van der Waals surface area contributed by atoms with Crippen LogP contribution >= 0.6 is 0 Å². The maximum Gasteiger partial charge on any atom is 0.231 e. The number of carbonyl (C=O) groups is 2. The predicted molar refractivity (Wildman–Crippen MR) is 95.0 cm³/mol. The first-order valence-electron chi connectivity index (χ1n) is 8.51. The fourth-order valence-electron chi connectivity index (χ4n) is 2.88. The van der Waals surface area contributed by atoms with Gasteiger partial charge in [0.2, 0.25) is 12.7 Å². The van der Waals surface area contributed by atoms with Gasteiger partial charge in [-0.2, -0.15) is 0 Å². The molecule has 1 unspecified atom stereocenters. The van der Waals surface area contributed by atoms with E-state index in [-0.39, 0.29) is 38.1 Å². The maximum atomic E-state index is 12.8. The molecule has 6 nitrogen and oxygen atoms in total. The molecule has 0 spiro atoms. The molecule has 2 aromatic carbocycles. The SMILES string of the molecule is O=C(Cc1ccc2c(c1)OCO2)C(Cc1ccccc1)C(=O)NCCO. The highest BCUT2D eigenvalue weighted by Crippen LogP contribution is 2.32. The summed E-state index contributed by atoms with van der Waals surface area (Å²) >= 11 is 0. The van der Waals surface area contributed by atoms with Gasteiger partial charge in [0.05, 0.1) is 6.61 Å². The molecule has 1 amide bonds. The molecule has 1 aliphatic rings. The maximum absolute atomic E-state index is 12.8. The number of hydrogen-bond donors (Lipinski definition) is 2. The Kier molecular flexibility index (Phi) is 5.86. The molecule has 3 rings (SSSR count). The number of aliphatic hydroxyl groups is 1. The Hall–Kier alpha value is -2.86. The molecule has 6 heteroatoms. The monoisotopic (exact) mass is 355 g/mol. The summed E-state index contributed by atoms with van der Waals surface area (Å²) in [4.78, 5) is 25.3. The van der Waals surface area contributed by atoms with E-state index in [1.165, 1.54) is 0 Å². The molecule has 1 aliphatic heterocycles. The second kappa shape index (κ2) is 8.49. The number of nitrogens with one attached hydrogen (secondary N) is 1. The summed E-state index contributed by atoms with van der Waals surface area (Å²) < 4.78 is 10.6. The van der Waals surface area contributed by atoms with Crippen molar-refractivity contribution in [2.45, 2.75) is 12.8 Å². The van der Waals surface area contributed by atoms with E-state index < -0.39 is 5.92 Å². The lowest BCUT2D eigenvalue weighted by Gasteiger charge is -2.16. The van der Waals surface area contributed by atoms with Gasteiger partial charge in [-0.15, -0.1) is 0 Å². The van der Waals surface area contributed by atoms with Crippen LogP contribution < -0.4 is 14.8 Å². The number of carbonyl (C=O) groups excluding carboxylic acids is 2. The van der Waals surface area contributed by atoms with Crippen molar-refractivity contribution >= 4 is 11.7 Å². The van der Waals surface area contributed by atoms with Gasteiger partial charge in [0.15, 0.2) is 11.5 Å². The Morgan fingerprint density at radius 2 is 1.81 bits per heavy atom. The summed E-state index contributed by atoms with van der Waals surface area (Å²) in [5, 5.41) is 11.5. The van der Waals surface area contributed by atoms with Crippen molar-refractivity contribution in [3.63, 3.8) is 0 Å². The van der Waals surface area contributed by atoms with Crippen LogP contribution in [0.25, 0.3) is 0 Å². The highest BCUT2D eigenvalue weighted by molar-refractivity contribution is 6.02. The molecule has 1 atom stereocenters. The van der Waals surface area contributed by atoms with Gasteiger partial charge >= 0.3 is 0 Å². The topological polar surface area (TPSA) is 84.9 Å². The zero-order valence-electron chi connectivity index (χ0n) is 14.3. The van der Waals surface area contributed by atoms with Crippen LogP contribution in [0.15, 0.2) is 48.5 Å². The second-order valence-corrected chi connectivity index (χ2v) is 6.09. The average Bonchev–Trinajstić information content (AvgIpc) is 3.12. The Balaban J connectivity index is 1.74. The lowest BCUT2D eigenvalue weighted by molar-refractivity contribution is -0.133. The number of ketones is 1. The van der Waals surface area contributed by atoms with Gasteiger partial charge < -0.3 is 19.9 Å². The zero-order valence-corrected chi connectivity index (χ0v) is 14.3. The summed E-state index contributed by atoms with van der Waals surface area (Å²) in [6.45, 7) is 0.133. The van der Waals surface area contributed by atoms with Crippen LogP contribution in [-0.2, 0) is 22.4 Å². The van der Waals surface area contributed by atoms with E-state index in [2.05, 4.69) is 5.32 Å². The number of ether oxygens (including phenoxy) is 2. The van der Waals surface area contributed by atoms with Gasteiger partial charge in [0.25, 0.3) is 0 Å². The van der Waals surface area contributed by atoms with Gasteiger partial charge in [0.1, 0.15) is 11.7 Å². The molecule has 0 saturated carbocycles. The quantitative estimate of drug-likeness (QED) is 0.701. The molecule has 0 fully saturated rings. The Labute approximate surface area is 151 Å². The zero-order chi connectivity index (χ0) is 18.4. The van der Waals surface area contributed by atoms with Crippen molar-refractivity contribution < 1.29 is 24.2 Å². The lowest BCUT2D eigenvalue weighted by Crippen LogP contribution is -2.38. The fraction of sp³-hybridized carbons (Fsp3) is 0.300. The number of fused-ring (bicyclic) bond motifs is 1. The van der Waals surface area contributed by atoms with E-state index in [9.17, 15) is 9.59 Å². The molecule has 0 aliphatic carbocycles. The normalized spacial score (nSPS) is 13.3. The fourth-order valence-corrected chi connectivity index (χ4v) is 2.88. The van der Waals surface area contributed by atoms with E-state index in [1.807, 2.05) is 30.3 Å². The van der Waals surface area contributed by atoms with E-state index in [0.29, 0.717) is 17.9 Å². The van der Waals surface area contributed by atoms with E-state index >= 15 is 0 Å². The molecule has 2 N–H and O–H groups in total. The van der Waals surface area contributed by atoms with Gasteiger partial charge in [-0.3, -0.25) is 9.59 Å². The Morgan fingerprint density at radius 3 is 2.58 bits per heavy atom.